The Morgan fingerprint density at radius 1 is 1.19 bits per heavy atom. The lowest BCUT2D eigenvalue weighted by molar-refractivity contribution is -0.122. The van der Waals surface area contributed by atoms with Gasteiger partial charge in [-0.05, 0) is 55.3 Å². The highest BCUT2D eigenvalue weighted by molar-refractivity contribution is 9.10. The van der Waals surface area contributed by atoms with Crippen molar-refractivity contribution in [2.75, 3.05) is 5.32 Å². The zero-order valence-electron chi connectivity index (χ0n) is 14.4. The summed E-state index contributed by atoms with van der Waals surface area (Å²) in [6, 6.07) is 14.0. The van der Waals surface area contributed by atoms with Crippen molar-refractivity contribution in [2.24, 2.45) is 0 Å². The van der Waals surface area contributed by atoms with E-state index in [0.29, 0.717) is 17.0 Å². The zero-order valence-corrected chi connectivity index (χ0v) is 16.0. The number of nitrogens with one attached hydrogen (secondary N) is 1. The number of halogens is 1. The molecule has 0 saturated heterocycles. The van der Waals surface area contributed by atoms with Crippen molar-refractivity contribution >= 4 is 38.5 Å². The van der Waals surface area contributed by atoms with Gasteiger partial charge in [0, 0.05) is 27.7 Å². The quantitative estimate of drug-likeness (QED) is 0.621. The molecule has 1 atom stereocenters. The van der Waals surface area contributed by atoms with Crippen LogP contribution in [0, 0.1) is 0 Å². The van der Waals surface area contributed by atoms with Crippen LogP contribution in [0.5, 0.6) is 5.75 Å². The molecule has 0 aliphatic carbocycles. The number of rotatable bonds is 5. The summed E-state index contributed by atoms with van der Waals surface area (Å²) in [7, 11) is 0. The van der Waals surface area contributed by atoms with E-state index in [4.69, 9.17) is 9.15 Å². The van der Waals surface area contributed by atoms with E-state index in [1.165, 1.54) is 6.07 Å². The van der Waals surface area contributed by atoms with Crippen molar-refractivity contribution in [3.8, 4) is 5.75 Å². The van der Waals surface area contributed by atoms with Crippen LogP contribution in [-0.2, 0) is 11.2 Å². The van der Waals surface area contributed by atoms with Crippen molar-refractivity contribution in [2.45, 2.75) is 26.4 Å². The van der Waals surface area contributed by atoms with E-state index in [0.717, 1.165) is 21.8 Å². The van der Waals surface area contributed by atoms with E-state index < -0.39 is 11.7 Å². The molecule has 0 aliphatic rings. The average Bonchev–Trinajstić information content (AvgIpc) is 2.62. The smallest absolute Gasteiger partial charge is 0.336 e. The summed E-state index contributed by atoms with van der Waals surface area (Å²) in [5, 5.41) is 3.66. The van der Waals surface area contributed by atoms with Gasteiger partial charge >= 0.3 is 5.63 Å². The first kappa shape index (κ1) is 18.2. The number of carbonyl (C=O) groups excluding carboxylic acids is 1. The van der Waals surface area contributed by atoms with Crippen molar-refractivity contribution < 1.29 is 13.9 Å². The molecule has 3 rings (SSSR count). The molecule has 2 aromatic carbocycles. The second-order valence-electron chi connectivity index (χ2n) is 5.86. The number of ether oxygens (including phenoxy) is 1. The Hall–Kier alpha value is -2.60. The summed E-state index contributed by atoms with van der Waals surface area (Å²) in [6.45, 7) is 3.64. The van der Waals surface area contributed by atoms with Crippen LogP contribution in [0.25, 0.3) is 11.0 Å². The van der Waals surface area contributed by atoms with Gasteiger partial charge in [0.15, 0.2) is 6.10 Å². The van der Waals surface area contributed by atoms with E-state index >= 15 is 0 Å². The maximum Gasteiger partial charge on any atom is 0.336 e. The summed E-state index contributed by atoms with van der Waals surface area (Å²) < 4.78 is 11.9. The number of aryl methyl sites for hydroxylation is 1. The van der Waals surface area contributed by atoms with Gasteiger partial charge in [-0.1, -0.05) is 22.9 Å². The minimum absolute atomic E-state index is 0.267. The van der Waals surface area contributed by atoms with Crippen LogP contribution < -0.4 is 15.7 Å². The average molecular weight is 416 g/mol. The Kier molecular flexibility index (Phi) is 5.42. The summed E-state index contributed by atoms with van der Waals surface area (Å²) in [5.74, 6) is 0.198. The Morgan fingerprint density at radius 3 is 2.62 bits per heavy atom. The molecule has 1 amide bonds. The number of hydrogen-bond acceptors (Lipinski definition) is 4. The fourth-order valence-electron chi connectivity index (χ4n) is 2.61. The van der Waals surface area contributed by atoms with Crippen LogP contribution in [0.1, 0.15) is 19.4 Å². The third-order valence-corrected chi connectivity index (χ3v) is 4.51. The van der Waals surface area contributed by atoms with E-state index in [-0.39, 0.29) is 5.91 Å². The maximum absolute atomic E-state index is 12.3. The van der Waals surface area contributed by atoms with Crippen LogP contribution in [0.15, 0.2) is 62.2 Å². The summed E-state index contributed by atoms with van der Waals surface area (Å²) in [4.78, 5) is 24.0. The minimum Gasteiger partial charge on any atom is -0.481 e. The van der Waals surface area contributed by atoms with Gasteiger partial charge in [-0.2, -0.15) is 0 Å². The molecule has 0 radical (unpaired) electrons. The second kappa shape index (κ2) is 7.74. The van der Waals surface area contributed by atoms with Gasteiger partial charge in [0.2, 0.25) is 0 Å². The molecule has 1 N–H and O–H groups in total. The van der Waals surface area contributed by atoms with Gasteiger partial charge in [-0.15, -0.1) is 0 Å². The number of hydrogen-bond donors (Lipinski definition) is 1. The lowest BCUT2D eigenvalue weighted by Crippen LogP contribution is -2.30. The molecule has 0 saturated carbocycles. The fourth-order valence-corrected chi connectivity index (χ4v) is 2.88. The van der Waals surface area contributed by atoms with Crippen LogP contribution in [0.4, 0.5) is 5.69 Å². The molecule has 1 aromatic heterocycles. The Bertz CT molecular complexity index is 995. The third kappa shape index (κ3) is 4.14. The Morgan fingerprint density at radius 2 is 1.92 bits per heavy atom. The predicted molar refractivity (Wildman–Crippen MR) is 105 cm³/mol. The molecule has 5 nitrogen and oxygen atoms in total. The van der Waals surface area contributed by atoms with Crippen LogP contribution in [0.2, 0.25) is 0 Å². The summed E-state index contributed by atoms with van der Waals surface area (Å²) in [5.41, 5.74) is 1.66. The van der Waals surface area contributed by atoms with Gasteiger partial charge < -0.3 is 14.5 Å². The third-order valence-electron chi connectivity index (χ3n) is 3.98. The molecule has 0 spiro atoms. The molecule has 0 bridgehead atoms. The monoisotopic (exact) mass is 415 g/mol. The SMILES string of the molecule is CCc1cc(=O)oc2cc(OC(C)C(=O)Nc3ccc(Br)cc3)ccc12. The van der Waals surface area contributed by atoms with Gasteiger partial charge in [0.25, 0.3) is 5.91 Å². The molecule has 1 heterocycles. The summed E-state index contributed by atoms with van der Waals surface area (Å²) >= 11 is 3.35. The Labute approximate surface area is 159 Å². The lowest BCUT2D eigenvalue weighted by Gasteiger charge is -2.15. The molecule has 6 heteroatoms. The topological polar surface area (TPSA) is 68.5 Å². The van der Waals surface area contributed by atoms with Crippen LogP contribution in [-0.4, -0.2) is 12.0 Å². The van der Waals surface area contributed by atoms with Crippen molar-refractivity contribution in [3.63, 3.8) is 0 Å². The Balaban J connectivity index is 1.76. The van der Waals surface area contributed by atoms with Crippen molar-refractivity contribution in [1.82, 2.24) is 0 Å². The zero-order chi connectivity index (χ0) is 18.7. The highest BCUT2D eigenvalue weighted by atomic mass is 79.9. The molecular weight excluding hydrogens is 398 g/mol. The molecule has 3 aromatic rings. The van der Waals surface area contributed by atoms with E-state index in [2.05, 4.69) is 21.2 Å². The maximum atomic E-state index is 12.3. The van der Waals surface area contributed by atoms with E-state index in [1.54, 1.807) is 31.2 Å². The first-order valence-electron chi connectivity index (χ1n) is 8.26. The standard InChI is InChI=1S/C20H18BrNO4/c1-3-13-10-19(23)26-18-11-16(8-9-17(13)18)25-12(2)20(24)22-15-6-4-14(21)5-7-15/h4-12H,3H2,1-2H3,(H,22,24). The van der Waals surface area contributed by atoms with Gasteiger partial charge in [0.05, 0.1) is 0 Å². The number of carbonyl (C=O) groups is 1. The first-order chi connectivity index (χ1) is 12.5. The number of benzene rings is 2. The highest BCUT2D eigenvalue weighted by Gasteiger charge is 2.16. The van der Waals surface area contributed by atoms with E-state index in [9.17, 15) is 9.59 Å². The van der Waals surface area contributed by atoms with Gasteiger partial charge in [-0.25, -0.2) is 4.79 Å². The highest BCUT2D eigenvalue weighted by Crippen LogP contribution is 2.24. The van der Waals surface area contributed by atoms with Crippen molar-refractivity contribution in [1.29, 1.82) is 0 Å². The lowest BCUT2D eigenvalue weighted by atomic mass is 10.1. The molecular formula is C20H18BrNO4. The van der Waals surface area contributed by atoms with Crippen molar-refractivity contribution in [3.05, 3.63) is 69.0 Å². The molecule has 134 valence electrons. The number of amides is 1. The molecule has 0 aliphatic heterocycles. The van der Waals surface area contributed by atoms with Gasteiger partial charge in [0.1, 0.15) is 11.3 Å². The molecule has 1 unspecified atom stereocenters. The fraction of sp³-hybridized carbons (Fsp3) is 0.200. The molecule has 26 heavy (non-hydrogen) atoms. The number of anilines is 1. The van der Waals surface area contributed by atoms with Crippen LogP contribution >= 0.6 is 15.9 Å². The predicted octanol–water partition coefficient (Wildman–Crippen LogP) is 4.52. The largest absolute Gasteiger partial charge is 0.481 e. The number of fused-ring (bicyclic) bond motifs is 1. The van der Waals surface area contributed by atoms with E-state index in [1.807, 2.05) is 25.1 Å². The summed E-state index contributed by atoms with van der Waals surface area (Å²) in [6.07, 6.45) is 0.0195. The minimum atomic E-state index is -0.711. The second-order valence-corrected chi connectivity index (χ2v) is 6.77. The first-order valence-corrected chi connectivity index (χ1v) is 9.05. The van der Waals surface area contributed by atoms with Crippen LogP contribution in [0.3, 0.4) is 0 Å². The van der Waals surface area contributed by atoms with Gasteiger partial charge in [-0.3, -0.25) is 4.79 Å². The normalized spacial score (nSPS) is 12.0. The molecule has 0 fully saturated rings.